The van der Waals surface area contributed by atoms with Crippen LogP contribution in [0.1, 0.15) is 21.5 Å². The molecule has 3 aromatic carbocycles. The molecule has 0 atom stereocenters. The molecule has 0 bridgehead atoms. The highest BCUT2D eigenvalue weighted by Gasteiger charge is 2.11. The standard InChI is InChI=1S/C25H26N4O7/c1-33-19-8-15(9-20(34-2)23(19)30)13-26-28-18-7-5-6-17(12-18)25(32)29-27-14-16-10-21(35-3)24(31)22(11-16)36-4/h5-14,28,30-31H,1-4H3,(H,29,32)/b26-13+,27-14+. The first kappa shape index (κ1) is 25.7. The molecular formula is C25H26N4O7. The van der Waals surface area contributed by atoms with Gasteiger partial charge in [-0.15, -0.1) is 0 Å². The van der Waals surface area contributed by atoms with Gasteiger partial charge in [0.1, 0.15) is 0 Å². The van der Waals surface area contributed by atoms with Crippen molar-refractivity contribution >= 4 is 24.0 Å². The summed E-state index contributed by atoms with van der Waals surface area (Å²) in [4.78, 5) is 12.5. The van der Waals surface area contributed by atoms with Crippen LogP contribution in [-0.2, 0) is 0 Å². The molecule has 0 aliphatic carbocycles. The van der Waals surface area contributed by atoms with Crippen molar-refractivity contribution in [2.24, 2.45) is 10.2 Å². The highest BCUT2D eigenvalue weighted by atomic mass is 16.5. The number of methoxy groups -OCH3 is 4. The fourth-order valence-corrected chi connectivity index (χ4v) is 3.12. The first-order valence-corrected chi connectivity index (χ1v) is 10.5. The van der Waals surface area contributed by atoms with Crippen molar-refractivity contribution in [3.63, 3.8) is 0 Å². The number of phenols is 2. The Bertz CT molecular complexity index is 1240. The zero-order chi connectivity index (χ0) is 26.1. The lowest BCUT2D eigenvalue weighted by molar-refractivity contribution is 0.0955. The van der Waals surface area contributed by atoms with Crippen LogP contribution >= 0.6 is 0 Å². The van der Waals surface area contributed by atoms with Gasteiger partial charge in [0.25, 0.3) is 5.91 Å². The number of rotatable bonds is 10. The molecule has 0 saturated carbocycles. The summed E-state index contributed by atoms with van der Waals surface area (Å²) in [5.74, 6) is 0.256. The first-order valence-electron chi connectivity index (χ1n) is 10.5. The molecular weight excluding hydrogens is 468 g/mol. The largest absolute Gasteiger partial charge is 0.502 e. The first-order chi connectivity index (χ1) is 17.4. The lowest BCUT2D eigenvalue weighted by Crippen LogP contribution is -2.17. The second-order valence-corrected chi connectivity index (χ2v) is 7.20. The number of amides is 1. The van der Waals surface area contributed by atoms with Gasteiger partial charge in [0.2, 0.25) is 11.5 Å². The number of phenolic OH excluding ortho intramolecular Hbond substituents is 2. The lowest BCUT2D eigenvalue weighted by atomic mass is 10.2. The van der Waals surface area contributed by atoms with Crippen LogP contribution in [0.25, 0.3) is 0 Å². The van der Waals surface area contributed by atoms with Gasteiger partial charge in [-0.3, -0.25) is 10.2 Å². The highest BCUT2D eigenvalue weighted by Crippen LogP contribution is 2.37. The van der Waals surface area contributed by atoms with Crippen molar-refractivity contribution in [1.82, 2.24) is 5.43 Å². The molecule has 0 radical (unpaired) electrons. The second-order valence-electron chi connectivity index (χ2n) is 7.20. The van der Waals surface area contributed by atoms with E-state index in [2.05, 4.69) is 21.1 Å². The number of benzene rings is 3. The minimum absolute atomic E-state index is 0.102. The predicted molar refractivity (Wildman–Crippen MR) is 135 cm³/mol. The van der Waals surface area contributed by atoms with E-state index in [1.807, 2.05) is 0 Å². The Morgan fingerprint density at radius 1 is 0.750 bits per heavy atom. The number of nitrogens with zero attached hydrogens (tertiary/aromatic N) is 2. The predicted octanol–water partition coefficient (Wildman–Crippen LogP) is 3.34. The fourth-order valence-electron chi connectivity index (χ4n) is 3.12. The summed E-state index contributed by atoms with van der Waals surface area (Å²) in [5, 5.41) is 28.1. The molecule has 188 valence electrons. The van der Waals surface area contributed by atoms with E-state index < -0.39 is 5.91 Å². The van der Waals surface area contributed by atoms with Crippen LogP contribution in [0, 0.1) is 0 Å². The van der Waals surface area contributed by atoms with Gasteiger partial charge in [-0.05, 0) is 42.5 Å². The number of carbonyl (C=O) groups excluding carboxylic acids is 1. The van der Waals surface area contributed by atoms with Crippen LogP contribution in [0.4, 0.5) is 5.69 Å². The fraction of sp³-hybridized carbons (Fsp3) is 0.160. The van der Waals surface area contributed by atoms with Gasteiger partial charge in [-0.25, -0.2) is 5.43 Å². The number of carbonyl (C=O) groups is 1. The Kier molecular flexibility index (Phi) is 8.54. The number of nitrogens with one attached hydrogen (secondary N) is 2. The van der Waals surface area contributed by atoms with Crippen LogP contribution in [-0.4, -0.2) is 57.0 Å². The molecule has 3 rings (SSSR count). The Morgan fingerprint density at radius 2 is 1.22 bits per heavy atom. The summed E-state index contributed by atoms with van der Waals surface area (Å²) in [6.07, 6.45) is 2.91. The van der Waals surface area contributed by atoms with Crippen molar-refractivity contribution in [1.29, 1.82) is 0 Å². The minimum Gasteiger partial charge on any atom is -0.502 e. The summed E-state index contributed by atoms with van der Waals surface area (Å²) in [6.45, 7) is 0. The van der Waals surface area contributed by atoms with Crippen molar-refractivity contribution in [2.45, 2.75) is 0 Å². The summed E-state index contributed by atoms with van der Waals surface area (Å²) < 4.78 is 20.5. The SMILES string of the molecule is COc1cc(/C=N/NC(=O)c2cccc(N/N=C/c3cc(OC)c(O)c(OC)c3)c2)cc(OC)c1O. The van der Waals surface area contributed by atoms with Crippen molar-refractivity contribution in [2.75, 3.05) is 33.9 Å². The lowest BCUT2D eigenvalue weighted by Gasteiger charge is -2.09. The maximum absolute atomic E-state index is 12.5. The zero-order valence-corrected chi connectivity index (χ0v) is 20.1. The van der Waals surface area contributed by atoms with Gasteiger partial charge in [0, 0.05) is 16.7 Å². The summed E-state index contributed by atoms with van der Waals surface area (Å²) in [7, 11) is 5.71. The van der Waals surface area contributed by atoms with E-state index in [0.717, 1.165) is 0 Å². The van der Waals surface area contributed by atoms with E-state index in [0.29, 0.717) is 22.4 Å². The molecule has 0 heterocycles. The maximum Gasteiger partial charge on any atom is 0.271 e. The molecule has 0 aliphatic rings. The molecule has 3 aromatic rings. The van der Waals surface area contributed by atoms with Crippen LogP contribution in [0.5, 0.6) is 34.5 Å². The van der Waals surface area contributed by atoms with Gasteiger partial charge in [0.05, 0.1) is 46.6 Å². The molecule has 0 aliphatic heterocycles. The number of hydrogen-bond acceptors (Lipinski definition) is 10. The molecule has 1 amide bonds. The van der Waals surface area contributed by atoms with Crippen molar-refractivity contribution in [3.8, 4) is 34.5 Å². The van der Waals surface area contributed by atoms with Crippen molar-refractivity contribution < 1.29 is 34.0 Å². The van der Waals surface area contributed by atoms with E-state index in [1.54, 1.807) is 48.5 Å². The molecule has 0 aromatic heterocycles. The molecule has 11 nitrogen and oxygen atoms in total. The van der Waals surface area contributed by atoms with Gasteiger partial charge in [0.15, 0.2) is 23.0 Å². The van der Waals surface area contributed by atoms with E-state index in [1.165, 1.54) is 40.9 Å². The molecule has 0 unspecified atom stereocenters. The Morgan fingerprint density at radius 3 is 1.69 bits per heavy atom. The Balaban J connectivity index is 1.66. The molecule has 36 heavy (non-hydrogen) atoms. The summed E-state index contributed by atoms with van der Waals surface area (Å²) in [5.41, 5.74) is 7.38. The maximum atomic E-state index is 12.5. The van der Waals surface area contributed by atoms with Crippen LogP contribution in [0.3, 0.4) is 0 Å². The average Bonchev–Trinajstić information content (AvgIpc) is 2.90. The van der Waals surface area contributed by atoms with Gasteiger partial charge < -0.3 is 29.2 Å². The molecule has 11 heteroatoms. The number of hydrazone groups is 2. The van der Waals surface area contributed by atoms with E-state index in [-0.39, 0.29) is 34.5 Å². The van der Waals surface area contributed by atoms with Crippen LogP contribution < -0.4 is 29.8 Å². The number of hydrogen-bond donors (Lipinski definition) is 4. The van der Waals surface area contributed by atoms with E-state index in [9.17, 15) is 15.0 Å². The van der Waals surface area contributed by atoms with Gasteiger partial charge >= 0.3 is 0 Å². The molecule has 0 fully saturated rings. The highest BCUT2D eigenvalue weighted by molar-refractivity contribution is 5.96. The third-order valence-corrected chi connectivity index (χ3v) is 4.92. The average molecular weight is 495 g/mol. The van der Waals surface area contributed by atoms with Crippen LogP contribution in [0.15, 0.2) is 58.7 Å². The Labute approximate surface area is 207 Å². The van der Waals surface area contributed by atoms with Gasteiger partial charge in [-0.2, -0.15) is 10.2 Å². The third kappa shape index (κ3) is 6.14. The normalized spacial score (nSPS) is 10.9. The minimum atomic E-state index is -0.440. The number of ether oxygens (including phenoxy) is 4. The molecule has 4 N–H and O–H groups in total. The third-order valence-electron chi connectivity index (χ3n) is 4.92. The molecule has 0 saturated heterocycles. The van der Waals surface area contributed by atoms with Crippen molar-refractivity contribution in [3.05, 3.63) is 65.2 Å². The quantitative estimate of drug-likeness (QED) is 0.248. The van der Waals surface area contributed by atoms with E-state index in [4.69, 9.17) is 18.9 Å². The molecule has 0 spiro atoms. The van der Waals surface area contributed by atoms with Crippen LogP contribution in [0.2, 0.25) is 0 Å². The summed E-state index contributed by atoms with van der Waals surface area (Å²) in [6, 6.07) is 13.0. The van der Waals surface area contributed by atoms with E-state index >= 15 is 0 Å². The number of anilines is 1. The monoisotopic (exact) mass is 494 g/mol. The smallest absolute Gasteiger partial charge is 0.271 e. The topological polar surface area (TPSA) is 143 Å². The number of aromatic hydroxyl groups is 2. The Hall–Kier alpha value is -4.93. The zero-order valence-electron chi connectivity index (χ0n) is 20.1. The second kappa shape index (κ2) is 12.0. The van der Waals surface area contributed by atoms with Gasteiger partial charge in [-0.1, -0.05) is 6.07 Å². The summed E-state index contributed by atoms with van der Waals surface area (Å²) >= 11 is 0.